The van der Waals surface area contributed by atoms with Gasteiger partial charge in [0.25, 0.3) is 5.91 Å². The Kier molecular flexibility index (Phi) is 5.64. The number of carbonyl (C=O) groups excluding carboxylic acids is 2. The van der Waals surface area contributed by atoms with Crippen molar-refractivity contribution in [1.82, 2.24) is 0 Å². The van der Waals surface area contributed by atoms with Crippen molar-refractivity contribution >= 4 is 43.5 Å². The number of ether oxygens (including phenoxy) is 1. The SMILES string of the molecule is NS(=O)(=O)c1ccc(Br)c(C(=O)OCC(=O)N2CCCc3ccccc32)c1. The summed E-state index contributed by atoms with van der Waals surface area (Å²) < 4.78 is 28.4. The number of carbonyl (C=O) groups is 2. The molecule has 1 aliphatic rings. The number of halogens is 1. The Hall–Kier alpha value is -2.23. The van der Waals surface area contributed by atoms with Gasteiger partial charge in [-0.05, 0) is 58.6 Å². The third-order valence-electron chi connectivity index (χ3n) is 4.22. The molecule has 0 saturated carbocycles. The summed E-state index contributed by atoms with van der Waals surface area (Å²) in [7, 11) is -3.96. The zero-order valence-corrected chi connectivity index (χ0v) is 16.6. The molecule has 27 heavy (non-hydrogen) atoms. The minimum atomic E-state index is -3.96. The molecule has 2 aromatic carbocycles. The summed E-state index contributed by atoms with van der Waals surface area (Å²) >= 11 is 3.17. The fourth-order valence-electron chi connectivity index (χ4n) is 2.91. The number of nitrogens with zero attached hydrogens (tertiary/aromatic N) is 1. The largest absolute Gasteiger partial charge is 0.452 e. The van der Waals surface area contributed by atoms with Gasteiger partial charge in [0, 0.05) is 16.7 Å². The first-order valence-corrected chi connectivity index (χ1v) is 10.5. The van der Waals surface area contributed by atoms with Crippen LogP contribution < -0.4 is 10.0 Å². The van der Waals surface area contributed by atoms with E-state index in [1.807, 2.05) is 24.3 Å². The average molecular weight is 453 g/mol. The molecule has 0 atom stereocenters. The highest BCUT2D eigenvalue weighted by atomic mass is 79.9. The molecule has 1 aliphatic heterocycles. The van der Waals surface area contributed by atoms with Gasteiger partial charge in [-0.1, -0.05) is 18.2 Å². The molecule has 0 unspecified atom stereocenters. The summed E-state index contributed by atoms with van der Waals surface area (Å²) in [5.41, 5.74) is 1.88. The van der Waals surface area contributed by atoms with Crippen molar-refractivity contribution in [2.75, 3.05) is 18.1 Å². The fourth-order valence-corrected chi connectivity index (χ4v) is 3.86. The van der Waals surface area contributed by atoms with Crippen LogP contribution in [0.3, 0.4) is 0 Å². The Balaban J connectivity index is 1.73. The number of rotatable bonds is 4. The van der Waals surface area contributed by atoms with E-state index in [1.165, 1.54) is 12.1 Å². The number of nitrogens with two attached hydrogens (primary N) is 1. The number of esters is 1. The van der Waals surface area contributed by atoms with Crippen LogP contribution in [0.5, 0.6) is 0 Å². The van der Waals surface area contributed by atoms with Gasteiger partial charge in [0.05, 0.1) is 10.5 Å². The maximum absolute atomic E-state index is 12.5. The minimum Gasteiger partial charge on any atom is -0.452 e. The van der Waals surface area contributed by atoms with Crippen molar-refractivity contribution < 1.29 is 22.7 Å². The van der Waals surface area contributed by atoms with E-state index in [0.29, 0.717) is 11.0 Å². The molecular formula is C18H17BrN2O5S. The van der Waals surface area contributed by atoms with Crippen molar-refractivity contribution in [3.63, 3.8) is 0 Å². The second-order valence-electron chi connectivity index (χ2n) is 6.04. The van der Waals surface area contributed by atoms with Gasteiger partial charge in [-0.2, -0.15) is 0 Å². The quantitative estimate of drug-likeness (QED) is 0.715. The van der Waals surface area contributed by atoms with E-state index in [1.54, 1.807) is 4.90 Å². The molecule has 9 heteroatoms. The molecule has 2 aromatic rings. The molecule has 3 rings (SSSR count). The van der Waals surface area contributed by atoms with Crippen LogP contribution in [-0.2, 0) is 26.0 Å². The molecular weight excluding hydrogens is 436 g/mol. The summed E-state index contributed by atoms with van der Waals surface area (Å²) in [6, 6.07) is 11.4. The number of sulfonamides is 1. The van der Waals surface area contributed by atoms with Gasteiger partial charge in [-0.15, -0.1) is 0 Å². The van der Waals surface area contributed by atoms with Gasteiger partial charge in [-0.25, -0.2) is 18.4 Å². The molecule has 0 fully saturated rings. The van der Waals surface area contributed by atoms with E-state index < -0.39 is 22.6 Å². The van der Waals surface area contributed by atoms with E-state index in [2.05, 4.69) is 15.9 Å². The van der Waals surface area contributed by atoms with E-state index >= 15 is 0 Å². The van der Waals surface area contributed by atoms with Gasteiger partial charge < -0.3 is 9.64 Å². The first kappa shape index (κ1) is 19.5. The summed E-state index contributed by atoms with van der Waals surface area (Å²) in [4.78, 5) is 26.2. The normalized spacial score (nSPS) is 13.8. The van der Waals surface area contributed by atoms with E-state index in [0.717, 1.165) is 30.2 Å². The molecule has 142 valence electrons. The highest BCUT2D eigenvalue weighted by molar-refractivity contribution is 9.10. The van der Waals surface area contributed by atoms with Crippen LogP contribution in [0.15, 0.2) is 51.8 Å². The molecule has 0 saturated heterocycles. The minimum absolute atomic E-state index is 0.0200. The number of para-hydroxylation sites is 1. The number of amides is 1. The number of hydrogen-bond acceptors (Lipinski definition) is 5. The summed E-state index contributed by atoms with van der Waals surface area (Å²) in [6.07, 6.45) is 1.73. The Morgan fingerprint density at radius 3 is 2.67 bits per heavy atom. The first-order chi connectivity index (χ1) is 12.8. The predicted octanol–water partition coefficient (Wildman–Crippen LogP) is 2.23. The summed E-state index contributed by atoms with van der Waals surface area (Å²) in [5, 5.41) is 5.08. The number of aryl methyl sites for hydroxylation is 1. The number of primary sulfonamides is 1. The van der Waals surface area contributed by atoms with E-state index in [9.17, 15) is 18.0 Å². The van der Waals surface area contributed by atoms with E-state index in [-0.39, 0.29) is 16.4 Å². The van der Waals surface area contributed by atoms with Crippen molar-refractivity contribution in [1.29, 1.82) is 0 Å². The molecule has 1 heterocycles. The Labute approximate surface area is 165 Å². The topological polar surface area (TPSA) is 107 Å². The third kappa shape index (κ3) is 4.37. The molecule has 2 N–H and O–H groups in total. The predicted molar refractivity (Wildman–Crippen MR) is 103 cm³/mol. The van der Waals surface area contributed by atoms with Crippen LogP contribution in [0.25, 0.3) is 0 Å². The molecule has 0 aliphatic carbocycles. The second kappa shape index (κ2) is 7.79. The molecule has 7 nitrogen and oxygen atoms in total. The molecule has 1 amide bonds. The van der Waals surface area contributed by atoms with Crippen LogP contribution >= 0.6 is 15.9 Å². The Morgan fingerprint density at radius 2 is 1.93 bits per heavy atom. The number of benzene rings is 2. The zero-order valence-electron chi connectivity index (χ0n) is 14.2. The lowest BCUT2D eigenvalue weighted by Gasteiger charge is -2.29. The lowest BCUT2D eigenvalue weighted by Crippen LogP contribution is -2.38. The number of hydrogen-bond donors (Lipinski definition) is 1. The monoisotopic (exact) mass is 452 g/mol. The molecule has 0 spiro atoms. The molecule has 0 bridgehead atoms. The smallest absolute Gasteiger partial charge is 0.339 e. The Bertz CT molecular complexity index is 1010. The first-order valence-electron chi connectivity index (χ1n) is 8.15. The lowest BCUT2D eigenvalue weighted by molar-refractivity contribution is -0.121. The zero-order chi connectivity index (χ0) is 19.6. The van der Waals surface area contributed by atoms with Crippen LogP contribution in [0.2, 0.25) is 0 Å². The maximum Gasteiger partial charge on any atom is 0.339 e. The maximum atomic E-state index is 12.5. The number of fused-ring (bicyclic) bond motifs is 1. The van der Waals surface area contributed by atoms with Gasteiger partial charge >= 0.3 is 5.97 Å². The van der Waals surface area contributed by atoms with E-state index in [4.69, 9.17) is 9.88 Å². The summed E-state index contributed by atoms with van der Waals surface area (Å²) in [6.45, 7) is 0.108. The average Bonchev–Trinajstić information content (AvgIpc) is 2.64. The number of anilines is 1. The highest BCUT2D eigenvalue weighted by Gasteiger charge is 2.24. The van der Waals surface area contributed by atoms with Crippen molar-refractivity contribution in [3.05, 3.63) is 58.1 Å². The molecule has 0 aromatic heterocycles. The van der Waals surface area contributed by atoms with Gasteiger partial charge in [0.2, 0.25) is 10.0 Å². The van der Waals surface area contributed by atoms with Gasteiger partial charge in [-0.3, -0.25) is 4.79 Å². The van der Waals surface area contributed by atoms with Crippen LogP contribution in [-0.4, -0.2) is 33.4 Å². The van der Waals surface area contributed by atoms with Crippen LogP contribution in [0, 0.1) is 0 Å². The van der Waals surface area contributed by atoms with Crippen LogP contribution in [0.4, 0.5) is 5.69 Å². The fraction of sp³-hybridized carbons (Fsp3) is 0.222. The highest BCUT2D eigenvalue weighted by Crippen LogP contribution is 2.27. The standard InChI is InChI=1S/C18H17BrN2O5S/c19-15-8-7-13(27(20,24)25)10-14(15)18(23)26-11-17(22)21-9-3-5-12-4-1-2-6-16(12)21/h1-2,4,6-8,10H,3,5,9,11H2,(H2,20,24,25). The van der Waals surface area contributed by atoms with Crippen molar-refractivity contribution in [2.24, 2.45) is 5.14 Å². The van der Waals surface area contributed by atoms with Crippen LogP contribution in [0.1, 0.15) is 22.3 Å². The molecule has 0 radical (unpaired) electrons. The second-order valence-corrected chi connectivity index (χ2v) is 8.46. The Morgan fingerprint density at radius 1 is 1.19 bits per heavy atom. The lowest BCUT2D eigenvalue weighted by atomic mass is 10.0. The third-order valence-corrected chi connectivity index (χ3v) is 5.83. The van der Waals surface area contributed by atoms with Gasteiger partial charge in [0.1, 0.15) is 0 Å². The summed E-state index contributed by atoms with van der Waals surface area (Å²) in [5.74, 6) is -1.15. The van der Waals surface area contributed by atoms with Gasteiger partial charge in [0.15, 0.2) is 6.61 Å². The van der Waals surface area contributed by atoms with Crippen molar-refractivity contribution in [2.45, 2.75) is 17.7 Å². The van der Waals surface area contributed by atoms with Crippen molar-refractivity contribution in [3.8, 4) is 0 Å².